The number of amides is 1. The van der Waals surface area contributed by atoms with Gasteiger partial charge >= 0.3 is 0 Å². The number of nitrogens with one attached hydrogen (secondary N) is 1. The normalized spacial score (nSPS) is 10.4. The predicted molar refractivity (Wildman–Crippen MR) is 103 cm³/mol. The van der Waals surface area contributed by atoms with E-state index in [1.165, 1.54) is 5.56 Å². The molecule has 3 rings (SSSR count). The number of aromatic nitrogens is 2. The predicted octanol–water partition coefficient (Wildman–Crippen LogP) is 4.11. The van der Waals surface area contributed by atoms with Crippen molar-refractivity contribution in [1.82, 2.24) is 14.9 Å². The van der Waals surface area contributed by atoms with Gasteiger partial charge in [-0.1, -0.05) is 48.0 Å². The van der Waals surface area contributed by atoms with Crippen LogP contribution in [0.2, 0.25) is 0 Å². The van der Waals surface area contributed by atoms with Crippen molar-refractivity contribution in [2.24, 2.45) is 0 Å². The second-order valence-electron chi connectivity index (χ2n) is 6.36. The average Bonchev–Trinajstić information content (AvgIpc) is 2.64. The van der Waals surface area contributed by atoms with Crippen molar-refractivity contribution in [3.8, 4) is 0 Å². The van der Waals surface area contributed by atoms with Crippen molar-refractivity contribution < 1.29 is 4.79 Å². The van der Waals surface area contributed by atoms with Gasteiger partial charge in [0.15, 0.2) is 0 Å². The molecule has 0 saturated heterocycles. The van der Waals surface area contributed by atoms with Gasteiger partial charge < -0.3 is 10.2 Å². The van der Waals surface area contributed by atoms with Crippen LogP contribution in [0.3, 0.4) is 0 Å². The molecule has 1 heterocycles. The van der Waals surface area contributed by atoms with Gasteiger partial charge in [-0.05, 0) is 37.1 Å². The molecule has 0 aliphatic rings. The molecular weight excluding hydrogens is 324 g/mol. The van der Waals surface area contributed by atoms with E-state index in [2.05, 4.69) is 28.3 Å². The molecule has 1 aromatic heterocycles. The number of carbonyl (C=O) groups is 1. The van der Waals surface area contributed by atoms with Crippen LogP contribution in [0, 0.1) is 13.8 Å². The highest BCUT2D eigenvalue weighted by atomic mass is 16.2. The Morgan fingerprint density at radius 1 is 1.08 bits per heavy atom. The molecule has 5 nitrogen and oxygen atoms in total. The molecule has 1 amide bonds. The Morgan fingerprint density at radius 2 is 1.85 bits per heavy atom. The number of hydrogen-bond donors (Lipinski definition) is 1. The smallest absolute Gasteiger partial charge is 0.272 e. The molecule has 0 aliphatic carbocycles. The fraction of sp³-hybridized carbons (Fsp3) is 0.190. The lowest BCUT2D eigenvalue weighted by molar-refractivity contribution is 0.0779. The topological polar surface area (TPSA) is 58.1 Å². The van der Waals surface area contributed by atoms with E-state index in [-0.39, 0.29) is 5.91 Å². The third-order valence-electron chi connectivity index (χ3n) is 4.11. The van der Waals surface area contributed by atoms with Crippen LogP contribution in [-0.4, -0.2) is 27.8 Å². The number of rotatable bonds is 5. The quantitative estimate of drug-likeness (QED) is 0.755. The summed E-state index contributed by atoms with van der Waals surface area (Å²) >= 11 is 0. The van der Waals surface area contributed by atoms with Crippen LogP contribution in [0.5, 0.6) is 0 Å². The van der Waals surface area contributed by atoms with Crippen LogP contribution in [0.25, 0.3) is 0 Å². The molecule has 26 heavy (non-hydrogen) atoms. The van der Waals surface area contributed by atoms with Crippen molar-refractivity contribution >= 4 is 17.5 Å². The summed E-state index contributed by atoms with van der Waals surface area (Å²) in [6.45, 7) is 4.61. The van der Waals surface area contributed by atoms with Crippen LogP contribution in [0.1, 0.15) is 27.2 Å². The van der Waals surface area contributed by atoms with Gasteiger partial charge in [0.05, 0.1) is 0 Å². The minimum absolute atomic E-state index is 0.139. The number of hydrogen-bond acceptors (Lipinski definition) is 4. The Kier molecular flexibility index (Phi) is 5.27. The fourth-order valence-electron chi connectivity index (χ4n) is 2.74. The van der Waals surface area contributed by atoms with Gasteiger partial charge in [0.1, 0.15) is 5.69 Å². The summed E-state index contributed by atoms with van der Waals surface area (Å²) in [4.78, 5) is 22.9. The number of nitrogens with zero attached hydrogens (tertiary/aromatic N) is 3. The molecule has 0 unspecified atom stereocenters. The molecule has 0 atom stereocenters. The first kappa shape index (κ1) is 17.6. The summed E-state index contributed by atoms with van der Waals surface area (Å²) in [5, 5.41) is 3.19. The molecular formula is C21H22N4O. The van der Waals surface area contributed by atoms with E-state index in [0.717, 1.165) is 16.8 Å². The molecule has 0 spiro atoms. The number of benzene rings is 2. The summed E-state index contributed by atoms with van der Waals surface area (Å²) in [5.41, 5.74) is 4.67. The first-order valence-corrected chi connectivity index (χ1v) is 8.49. The molecule has 0 bridgehead atoms. The first-order valence-electron chi connectivity index (χ1n) is 8.49. The lowest BCUT2D eigenvalue weighted by Gasteiger charge is -2.17. The lowest BCUT2D eigenvalue weighted by Crippen LogP contribution is -2.27. The third kappa shape index (κ3) is 4.25. The van der Waals surface area contributed by atoms with Crippen molar-refractivity contribution in [3.05, 3.63) is 83.2 Å². The molecule has 0 fully saturated rings. The van der Waals surface area contributed by atoms with E-state index in [9.17, 15) is 4.79 Å². The Hall–Kier alpha value is -3.21. The molecule has 3 aromatic rings. The Balaban J connectivity index is 1.74. The van der Waals surface area contributed by atoms with Crippen molar-refractivity contribution in [1.29, 1.82) is 0 Å². The van der Waals surface area contributed by atoms with E-state index >= 15 is 0 Å². The van der Waals surface area contributed by atoms with Crippen LogP contribution >= 0.6 is 0 Å². The maximum absolute atomic E-state index is 12.7. The fourth-order valence-corrected chi connectivity index (χ4v) is 2.74. The Labute approximate surface area is 153 Å². The zero-order valence-electron chi connectivity index (χ0n) is 15.2. The zero-order chi connectivity index (χ0) is 18.5. The second kappa shape index (κ2) is 7.78. The van der Waals surface area contributed by atoms with E-state index in [1.807, 2.05) is 49.4 Å². The van der Waals surface area contributed by atoms with Crippen LogP contribution in [-0.2, 0) is 6.54 Å². The minimum Gasteiger partial charge on any atom is -0.336 e. The largest absolute Gasteiger partial charge is 0.336 e. The molecule has 0 saturated carbocycles. The second-order valence-corrected chi connectivity index (χ2v) is 6.36. The van der Waals surface area contributed by atoms with Gasteiger partial charge in [0.2, 0.25) is 5.95 Å². The van der Waals surface area contributed by atoms with E-state index in [4.69, 9.17) is 0 Å². The van der Waals surface area contributed by atoms with Crippen molar-refractivity contribution in [2.45, 2.75) is 20.4 Å². The van der Waals surface area contributed by atoms with Crippen molar-refractivity contribution in [2.75, 3.05) is 12.4 Å². The van der Waals surface area contributed by atoms with E-state index < -0.39 is 0 Å². The standard InChI is InChI=1S/C21H22N4O/c1-15-9-10-18(16(2)13-15)23-21-22-12-11-19(24-21)20(26)25(3)14-17-7-5-4-6-8-17/h4-13H,14H2,1-3H3,(H,22,23,24). The molecule has 1 N–H and O–H groups in total. The van der Waals surface area contributed by atoms with Gasteiger partial charge in [0, 0.05) is 25.5 Å². The highest BCUT2D eigenvalue weighted by Crippen LogP contribution is 2.19. The summed E-state index contributed by atoms with van der Waals surface area (Å²) in [6, 6.07) is 17.6. The van der Waals surface area contributed by atoms with Crippen LogP contribution in [0.15, 0.2) is 60.8 Å². The van der Waals surface area contributed by atoms with Gasteiger partial charge in [-0.3, -0.25) is 4.79 Å². The van der Waals surface area contributed by atoms with E-state index in [1.54, 1.807) is 24.2 Å². The maximum atomic E-state index is 12.7. The Morgan fingerprint density at radius 3 is 2.58 bits per heavy atom. The van der Waals surface area contributed by atoms with Gasteiger partial charge in [0.25, 0.3) is 5.91 Å². The Bertz CT molecular complexity index is 909. The highest BCUT2D eigenvalue weighted by Gasteiger charge is 2.14. The van der Waals surface area contributed by atoms with Gasteiger partial charge in [-0.2, -0.15) is 0 Å². The zero-order valence-corrected chi connectivity index (χ0v) is 15.2. The minimum atomic E-state index is -0.139. The molecule has 2 aromatic carbocycles. The number of aryl methyl sites for hydroxylation is 2. The molecule has 0 radical (unpaired) electrons. The third-order valence-corrected chi connectivity index (χ3v) is 4.11. The maximum Gasteiger partial charge on any atom is 0.272 e. The number of carbonyl (C=O) groups excluding carboxylic acids is 1. The SMILES string of the molecule is Cc1ccc(Nc2nccc(C(=O)N(C)Cc3ccccc3)n2)c(C)c1. The summed E-state index contributed by atoms with van der Waals surface area (Å²) < 4.78 is 0. The first-order chi connectivity index (χ1) is 12.5. The molecule has 132 valence electrons. The highest BCUT2D eigenvalue weighted by molar-refractivity contribution is 5.92. The van der Waals surface area contributed by atoms with Gasteiger partial charge in [-0.15, -0.1) is 0 Å². The van der Waals surface area contributed by atoms with Crippen LogP contribution in [0.4, 0.5) is 11.6 Å². The summed E-state index contributed by atoms with van der Waals surface area (Å²) in [6.07, 6.45) is 1.60. The molecule has 0 aliphatic heterocycles. The summed E-state index contributed by atoms with van der Waals surface area (Å²) in [5.74, 6) is 0.274. The van der Waals surface area contributed by atoms with E-state index in [0.29, 0.717) is 18.2 Å². The van der Waals surface area contributed by atoms with Crippen LogP contribution < -0.4 is 5.32 Å². The average molecular weight is 346 g/mol. The monoisotopic (exact) mass is 346 g/mol. The van der Waals surface area contributed by atoms with Gasteiger partial charge in [-0.25, -0.2) is 9.97 Å². The number of anilines is 2. The molecule has 5 heteroatoms. The lowest BCUT2D eigenvalue weighted by atomic mass is 10.1. The van der Waals surface area contributed by atoms with Crippen molar-refractivity contribution in [3.63, 3.8) is 0 Å². The summed E-state index contributed by atoms with van der Waals surface area (Å²) in [7, 11) is 1.77.